The number of rotatable bonds is 2. The molecule has 0 fully saturated rings. The van der Waals surface area contributed by atoms with Gasteiger partial charge in [-0.2, -0.15) is 0 Å². The molecule has 0 radical (unpaired) electrons. The Hall–Kier alpha value is -5.66. The van der Waals surface area contributed by atoms with E-state index in [1.165, 1.54) is 0 Å². The lowest BCUT2D eigenvalue weighted by molar-refractivity contribution is 0.786. The Morgan fingerprint density at radius 1 is 0.432 bits per heavy atom. The van der Waals surface area contributed by atoms with E-state index in [1.807, 2.05) is 0 Å². The van der Waals surface area contributed by atoms with E-state index in [2.05, 4.69) is 0 Å². The van der Waals surface area contributed by atoms with Gasteiger partial charge in [-0.25, -0.2) is 0 Å². The van der Waals surface area contributed by atoms with Crippen molar-refractivity contribution >= 4 is 21.8 Å². The molecule has 0 aliphatic heterocycles. The number of benzene rings is 7. The van der Waals surface area contributed by atoms with Gasteiger partial charge in [-0.15, -0.1) is 0 Å². The van der Waals surface area contributed by atoms with Gasteiger partial charge in [0.2, 0.25) is 0 Å². The van der Waals surface area contributed by atoms with Crippen molar-refractivity contribution in [2.75, 3.05) is 0 Å². The number of hydrogen-bond donors (Lipinski definition) is 0. The Balaban J connectivity index is 1.57. The maximum atomic E-state index is 9.83. The van der Waals surface area contributed by atoms with Gasteiger partial charge < -0.3 is 4.57 Å². The van der Waals surface area contributed by atoms with E-state index in [0.29, 0.717) is 0 Å². The van der Waals surface area contributed by atoms with Gasteiger partial charge in [-0.1, -0.05) is 139 Å². The molecular formula is C43H27N. The average molecular weight is 584 g/mol. The smallest absolute Gasteiger partial charge is 0.0746 e. The van der Waals surface area contributed by atoms with Crippen molar-refractivity contribution in [3.05, 3.63) is 185 Å². The fourth-order valence-electron chi connectivity index (χ4n) is 6.53. The van der Waals surface area contributed by atoms with E-state index >= 15 is 0 Å². The van der Waals surface area contributed by atoms with Crippen molar-refractivity contribution < 1.29 is 35.6 Å². The Kier molecular flexibility index (Phi) is 1.96. The van der Waals surface area contributed by atoms with E-state index in [0.717, 1.165) is 10.6 Å². The predicted molar refractivity (Wildman–Crippen MR) is 183 cm³/mol. The molecule has 0 saturated carbocycles. The molecule has 8 aromatic rings. The molecule has 2 aliphatic rings. The van der Waals surface area contributed by atoms with Crippen LogP contribution in [-0.4, -0.2) is 4.57 Å². The summed E-state index contributed by atoms with van der Waals surface area (Å²) < 4.78 is 237. The van der Waals surface area contributed by atoms with Crippen LogP contribution in [0.5, 0.6) is 0 Å². The highest BCUT2D eigenvalue weighted by atomic mass is 15.0. The van der Waals surface area contributed by atoms with Crippen molar-refractivity contribution in [1.29, 1.82) is 0 Å². The van der Waals surface area contributed by atoms with Crippen LogP contribution >= 0.6 is 0 Å². The highest BCUT2D eigenvalue weighted by Crippen LogP contribution is 2.64. The van der Waals surface area contributed by atoms with Crippen LogP contribution in [0.3, 0.4) is 0 Å². The minimum absolute atomic E-state index is 0.449. The first-order chi connectivity index (χ1) is 32.6. The minimum atomic E-state index is -2.83. The van der Waals surface area contributed by atoms with Crippen molar-refractivity contribution in [2.45, 2.75) is 5.41 Å². The van der Waals surface area contributed by atoms with E-state index in [-0.39, 0.29) is 0 Å². The summed E-state index contributed by atoms with van der Waals surface area (Å²) >= 11 is 0. The molecule has 1 heteroatoms. The Labute approximate surface area is 292 Å². The van der Waals surface area contributed by atoms with Crippen molar-refractivity contribution in [3.63, 3.8) is 0 Å². The highest BCUT2D eigenvalue weighted by Gasteiger charge is 2.52. The largest absolute Gasteiger partial charge is 0.309 e. The summed E-state index contributed by atoms with van der Waals surface area (Å²) in [6.07, 6.45) is 0. The molecule has 10 rings (SSSR count). The van der Waals surface area contributed by atoms with E-state index in [1.54, 1.807) is 0 Å². The molecule has 1 spiro atoms. The summed E-state index contributed by atoms with van der Waals surface area (Å²) in [4.78, 5) is 0. The Morgan fingerprint density at radius 3 is 1.70 bits per heavy atom. The summed E-state index contributed by atoms with van der Waals surface area (Å²) in [6.45, 7) is 0. The van der Waals surface area contributed by atoms with Crippen LogP contribution in [0.4, 0.5) is 0 Å². The average Bonchev–Trinajstić information content (AvgIpc) is 3.95. The standard InChI is InChI=1S/C43H27N/c1-2-13-28(14-3-1)29-25-26-40-35(27-29)33-18-7-11-23-39(33)44(40)41-24-12-19-34-32-17-6-10-22-38(32)43(42(34)41)36-20-8-4-15-30(36)31-16-5-9-21-37(31)43/h1-27H/i1D,2D,3D,4D,5D,6D,7D,8D,9D,10D,11D,12D,13D,14D,15D,16D,17D,18D,19D,20D,21D,22D,23D,24D,25D,27D. The quantitative estimate of drug-likeness (QED) is 0.191. The molecule has 1 aromatic heterocycles. The van der Waals surface area contributed by atoms with E-state index < -0.39 is 246 Å². The zero-order valence-electron chi connectivity index (χ0n) is 48.0. The third-order valence-electron chi connectivity index (χ3n) is 8.13. The topological polar surface area (TPSA) is 4.93 Å². The first kappa shape index (κ1) is 9.94. The molecule has 2 aliphatic carbocycles. The third kappa shape index (κ3) is 2.89. The van der Waals surface area contributed by atoms with Crippen molar-refractivity contribution in [2.24, 2.45) is 0 Å². The van der Waals surface area contributed by atoms with Crippen LogP contribution in [0.2, 0.25) is 0 Å². The SMILES string of the molecule is [2H]c1cc2c(c([2H])c1-c1c([2H])c([2H])c([2H])c([2H])c1[2H])c1c([2H])c([2H])c([2H])c([2H])c1n2-c1c([2H])c([2H])c([2H])c2c1C1(c3c([2H])c([2H])c([2H])c([2H])c3-c3c([2H])c([2H])c([2H])c([2H])c31)c1c([2H])c([2H])c([2H])c([2H])c1-2. The van der Waals surface area contributed by atoms with Gasteiger partial charge in [0.25, 0.3) is 0 Å². The first-order valence-corrected chi connectivity index (χ1v) is 13.2. The van der Waals surface area contributed by atoms with Gasteiger partial charge in [0, 0.05) is 16.3 Å². The zero-order valence-corrected chi connectivity index (χ0v) is 22.0. The Morgan fingerprint density at radius 2 is 1.00 bits per heavy atom. The second-order valence-corrected chi connectivity index (χ2v) is 10.1. The van der Waals surface area contributed by atoms with Crippen LogP contribution in [-0.2, 0) is 5.41 Å². The molecule has 0 N–H and O–H groups in total. The van der Waals surface area contributed by atoms with Gasteiger partial charge in [0.1, 0.15) is 0 Å². The van der Waals surface area contributed by atoms with Crippen molar-refractivity contribution in [1.82, 2.24) is 4.57 Å². The van der Waals surface area contributed by atoms with E-state index in [9.17, 15) is 17.8 Å². The lowest BCUT2D eigenvalue weighted by Gasteiger charge is -2.32. The summed E-state index contributed by atoms with van der Waals surface area (Å²) in [5.74, 6) is 0. The van der Waals surface area contributed by atoms with Gasteiger partial charge >= 0.3 is 0 Å². The highest BCUT2D eigenvalue weighted by molar-refractivity contribution is 6.11. The molecule has 204 valence electrons. The van der Waals surface area contributed by atoms with Gasteiger partial charge in [0.05, 0.1) is 57.8 Å². The van der Waals surface area contributed by atoms with Gasteiger partial charge in [0.15, 0.2) is 0 Å². The number of para-hydroxylation sites is 1. The van der Waals surface area contributed by atoms with Crippen LogP contribution < -0.4 is 0 Å². The van der Waals surface area contributed by atoms with Crippen LogP contribution in [0.1, 0.15) is 57.9 Å². The van der Waals surface area contributed by atoms with Gasteiger partial charge in [-0.05, 0) is 74.3 Å². The maximum absolute atomic E-state index is 9.83. The summed E-state index contributed by atoms with van der Waals surface area (Å²) in [5.41, 5.74) is -10.6. The lowest BCUT2D eigenvalue weighted by atomic mass is 9.70. The molecule has 0 atom stereocenters. The number of hydrogen-bond acceptors (Lipinski definition) is 0. The normalized spacial score (nSPS) is 21.9. The number of nitrogens with zero attached hydrogens (tertiary/aromatic N) is 1. The van der Waals surface area contributed by atoms with E-state index in [4.69, 9.17) is 17.8 Å². The molecule has 0 saturated heterocycles. The Bertz CT molecular complexity index is 3780. The number of aromatic nitrogens is 1. The number of fused-ring (bicyclic) bond motifs is 13. The molecule has 0 unspecified atom stereocenters. The molecule has 1 heterocycles. The molecule has 44 heavy (non-hydrogen) atoms. The molecule has 1 nitrogen and oxygen atoms in total. The monoisotopic (exact) mass is 583 g/mol. The second-order valence-electron chi connectivity index (χ2n) is 10.1. The zero-order chi connectivity index (χ0) is 51.5. The molecular weight excluding hydrogens is 530 g/mol. The minimum Gasteiger partial charge on any atom is -0.309 e. The first-order valence-electron chi connectivity index (χ1n) is 26.2. The fraction of sp³-hybridized carbons (Fsp3) is 0.0233. The summed E-state index contributed by atoms with van der Waals surface area (Å²) in [7, 11) is 0. The summed E-state index contributed by atoms with van der Waals surface area (Å²) in [6, 6.07) is -22.0. The van der Waals surface area contributed by atoms with Gasteiger partial charge in [-0.3, -0.25) is 0 Å². The van der Waals surface area contributed by atoms with Crippen LogP contribution in [0.15, 0.2) is 163 Å². The molecule has 7 aromatic carbocycles. The lowest BCUT2D eigenvalue weighted by Crippen LogP contribution is -2.27. The van der Waals surface area contributed by atoms with Crippen LogP contribution in [0.25, 0.3) is 60.9 Å². The molecule has 0 amide bonds. The fourth-order valence-corrected chi connectivity index (χ4v) is 6.53. The molecule has 0 bridgehead atoms. The summed E-state index contributed by atoms with van der Waals surface area (Å²) in [5, 5.41) is -0.988. The maximum Gasteiger partial charge on any atom is 0.0746 e. The van der Waals surface area contributed by atoms with Crippen molar-refractivity contribution in [3.8, 4) is 39.1 Å². The second kappa shape index (κ2) is 8.69. The predicted octanol–water partition coefficient (Wildman–Crippen LogP) is 10.8. The van der Waals surface area contributed by atoms with Crippen LogP contribution in [0, 0.1) is 0 Å². The third-order valence-corrected chi connectivity index (χ3v) is 8.13.